The molecule has 0 unspecified atom stereocenters. The molecule has 0 atom stereocenters. The molecule has 2 aromatic carbocycles. The van der Waals surface area contributed by atoms with Crippen molar-refractivity contribution in [3.63, 3.8) is 0 Å². The van der Waals surface area contributed by atoms with Gasteiger partial charge in [-0.2, -0.15) is 5.10 Å². The fourth-order valence-electron chi connectivity index (χ4n) is 3.68. The minimum Gasteiger partial charge on any atom is -0.473 e. The number of carbonyl (C=O) groups is 1. The molecule has 4 rings (SSSR count). The number of hydrogen-bond acceptors (Lipinski definition) is 4. The van der Waals surface area contributed by atoms with Gasteiger partial charge in [0.1, 0.15) is 6.10 Å². The molecule has 1 fully saturated rings. The van der Waals surface area contributed by atoms with Crippen LogP contribution in [0.1, 0.15) is 39.2 Å². The number of nitrogens with zero attached hydrogens (tertiary/aromatic N) is 3. The summed E-state index contributed by atoms with van der Waals surface area (Å²) < 4.78 is 6.13. The number of hydrogen-bond donors (Lipinski definition) is 1. The van der Waals surface area contributed by atoms with Crippen LogP contribution in [0.25, 0.3) is 10.8 Å². The number of ether oxygens (including phenoxy) is 1. The van der Waals surface area contributed by atoms with E-state index in [1.165, 1.54) is 5.56 Å². The predicted octanol–water partition coefficient (Wildman–Crippen LogP) is 5.00. The molecule has 2 amide bonds. The Morgan fingerprint density at radius 1 is 1.07 bits per heavy atom. The van der Waals surface area contributed by atoms with Crippen molar-refractivity contribution in [1.29, 1.82) is 0 Å². The number of rotatable bonds is 3. The van der Waals surface area contributed by atoms with Gasteiger partial charge in [0.05, 0.1) is 6.20 Å². The summed E-state index contributed by atoms with van der Waals surface area (Å²) in [6.45, 7) is 7.83. The maximum atomic E-state index is 12.6. The Hall–Kier alpha value is -3.15. The number of aromatic nitrogens is 2. The van der Waals surface area contributed by atoms with Crippen LogP contribution in [0.5, 0.6) is 5.88 Å². The number of amides is 2. The summed E-state index contributed by atoms with van der Waals surface area (Å²) in [6, 6.07) is 15.9. The molecule has 6 heteroatoms. The molecular formula is C24H28N4O2. The van der Waals surface area contributed by atoms with Crippen molar-refractivity contribution < 1.29 is 9.53 Å². The highest BCUT2D eigenvalue weighted by Gasteiger charge is 2.25. The molecule has 0 spiro atoms. The van der Waals surface area contributed by atoms with E-state index in [0.717, 1.165) is 29.3 Å². The third-order valence-corrected chi connectivity index (χ3v) is 5.55. The molecule has 1 saturated heterocycles. The smallest absolute Gasteiger partial charge is 0.321 e. The molecule has 156 valence electrons. The highest BCUT2D eigenvalue weighted by atomic mass is 16.5. The number of anilines is 1. The lowest BCUT2D eigenvalue weighted by Gasteiger charge is -2.32. The molecule has 3 aromatic rings. The first-order valence-corrected chi connectivity index (χ1v) is 10.4. The van der Waals surface area contributed by atoms with Crippen LogP contribution >= 0.6 is 0 Å². The van der Waals surface area contributed by atoms with Crippen LogP contribution in [-0.2, 0) is 5.41 Å². The summed E-state index contributed by atoms with van der Waals surface area (Å²) in [5, 5.41) is 13.2. The first-order valence-electron chi connectivity index (χ1n) is 10.4. The van der Waals surface area contributed by atoms with Crippen LogP contribution in [-0.4, -0.2) is 40.3 Å². The number of urea groups is 1. The van der Waals surface area contributed by atoms with E-state index < -0.39 is 0 Å². The standard InChI is InChI=1S/C24H28N4O2/c1-24(2,3)18-8-10-19(11-9-18)26-23(29)28-14-12-20(13-15-28)30-22-21-7-5-4-6-17(21)16-25-27-22/h4-11,16,20H,12-15H2,1-3H3,(H,26,29). The van der Waals surface area contributed by atoms with Crippen molar-refractivity contribution in [2.75, 3.05) is 18.4 Å². The summed E-state index contributed by atoms with van der Waals surface area (Å²) >= 11 is 0. The SMILES string of the molecule is CC(C)(C)c1ccc(NC(=O)N2CCC(Oc3nncc4ccccc34)CC2)cc1. The predicted molar refractivity (Wildman–Crippen MR) is 119 cm³/mol. The molecule has 30 heavy (non-hydrogen) atoms. The largest absolute Gasteiger partial charge is 0.473 e. The van der Waals surface area contributed by atoms with E-state index in [1.54, 1.807) is 6.20 Å². The molecule has 0 bridgehead atoms. The van der Waals surface area contributed by atoms with Gasteiger partial charge in [-0.1, -0.05) is 51.1 Å². The van der Waals surface area contributed by atoms with E-state index in [4.69, 9.17) is 4.74 Å². The maximum absolute atomic E-state index is 12.6. The zero-order valence-electron chi connectivity index (χ0n) is 17.8. The lowest BCUT2D eigenvalue weighted by atomic mass is 9.87. The van der Waals surface area contributed by atoms with Gasteiger partial charge in [-0.05, 0) is 29.2 Å². The Bertz CT molecular complexity index is 1010. The fourth-order valence-corrected chi connectivity index (χ4v) is 3.68. The Morgan fingerprint density at radius 2 is 1.77 bits per heavy atom. The molecular weight excluding hydrogens is 376 g/mol. The van der Waals surface area contributed by atoms with Gasteiger partial charge in [0, 0.05) is 42.4 Å². The number of carbonyl (C=O) groups excluding carboxylic acids is 1. The van der Waals surface area contributed by atoms with E-state index in [-0.39, 0.29) is 17.6 Å². The van der Waals surface area contributed by atoms with Crippen LogP contribution in [0.2, 0.25) is 0 Å². The summed E-state index contributed by atoms with van der Waals surface area (Å²) in [6.07, 6.45) is 3.30. The van der Waals surface area contributed by atoms with Crippen molar-refractivity contribution in [3.05, 3.63) is 60.3 Å². The lowest BCUT2D eigenvalue weighted by Crippen LogP contribution is -2.43. The molecule has 0 saturated carbocycles. The molecule has 0 radical (unpaired) electrons. The van der Waals surface area contributed by atoms with E-state index in [1.807, 2.05) is 41.3 Å². The van der Waals surface area contributed by atoms with Crippen LogP contribution in [0.4, 0.5) is 10.5 Å². The number of piperidine rings is 1. The highest BCUT2D eigenvalue weighted by Crippen LogP contribution is 2.26. The quantitative estimate of drug-likeness (QED) is 0.667. The van der Waals surface area contributed by atoms with Gasteiger partial charge in [-0.3, -0.25) is 0 Å². The van der Waals surface area contributed by atoms with Crippen molar-refractivity contribution in [2.24, 2.45) is 0 Å². The van der Waals surface area contributed by atoms with E-state index >= 15 is 0 Å². The number of likely N-dealkylation sites (tertiary alicyclic amines) is 1. The van der Waals surface area contributed by atoms with E-state index in [9.17, 15) is 4.79 Å². The Morgan fingerprint density at radius 3 is 2.47 bits per heavy atom. The van der Waals surface area contributed by atoms with Gasteiger partial charge < -0.3 is 15.0 Å². The monoisotopic (exact) mass is 404 g/mol. The molecule has 0 aliphatic carbocycles. The van der Waals surface area contributed by atoms with Crippen LogP contribution < -0.4 is 10.1 Å². The first-order chi connectivity index (χ1) is 14.4. The van der Waals surface area contributed by atoms with Gasteiger partial charge in [0.25, 0.3) is 0 Å². The third-order valence-electron chi connectivity index (χ3n) is 5.55. The first kappa shape index (κ1) is 20.1. The van der Waals surface area contributed by atoms with Gasteiger partial charge in [0.15, 0.2) is 0 Å². The van der Waals surface area contributed by atoms with Gasteiger partial charge in [0.2, 0.25) is 5.88 Å². The summed E-state index contributed by atoms with van der Waals surface area (Å²) in [4.78, 5) is 14.5. The third kappa shape index (κ3) is 4.53. The summed E-state index contributed by atoms with van der Waals surface area (Å²) in [5.41, 5.74) is 2.16. The molecule has 2 heterocycles. The second-order valence-electron chi connectivity index (χ2n) is 8.80. The van der Waals surface area contributed by atoms with E-state index in [0.29, 0.717) is 19.0 Å². The number of benzene rings is 2. The lowest BCUT2D eigenvalue weighted by molar-refractivity contribution is 0.112. The normalized spacial score (nSPS) is 15.2. The average molecular weight is 405 g/mol. The molecule has 1 aromatic heterocycles. The maximum Gasteiger partial charge on any atom is 0.321 e. The molecule has 1 aliphatic heterocycles. The van der Waals surface area contributed by atoms with Crippen LogP contribution in [0, 0.1) is 0 Å². The minimum absolute atomic E-state index is 0.0280. The van der Waals surface area contributed by atoms with E-state index in [2.05, 4.69) is 48.4 Å². The van der Waals surface area contributed by atoms with Crippen LogP contribution in [0.3, 0.4) is 0 Å². The Labute approximate surface area is 177 Å². The zero-order chi connectivity index (χ0) is 21.1. The second kappa shape index (κ2) is 8.30. The van der Waals surface area contributed by atoms with Gasteiger partial charge >= 0.3 is 6.03 Å². The molecule has 6 nitrogen and oxygen atoms in total. The summed E-state index contributed by atoms with van der Waals surface area (Å²) in [7, 11) is 0. The zero-order valence-corrected chi connectivity index (χ0v) is 17.8. The van der Waals surface area contributed by atoms with Gasteiger partial charge in [-0.15, -0.1) is 5.10 Å². The van der Waals surface area contributed by atoms with Crippen molar-refractivity contribution in [2.45, 2.75) is 45.1 Å². The highest BCUT2D eigenvalue weighted by molar-refractivity contribution is 5.89. The average Bonchev–Trinajstić information content (AvgIpc) is 2.74. The fraction of sp³-hybridized carbons (Fsp3) is 0.375. The number of fused-ring (bicyclic) bond motifs is 1. The molecule has 1 N–H and O–H groups in total. The molecule has 1 aliphatic rings. The minimum atomic E-state index is -0.0677. The Kier molecular flexibility index (Phi) is 5.57. The van der Waals surface area contributed by atoms with Crippen molar-refractivity contribution in [3.8, 4) is 5.88 Å². The van der Waals surface area contributed by atoms with Gasteiger partial charge in [-0.25, -0.2) is 4.79 Å². The number of nitrogens with one attached hydrogen (secondary N) is 1. The second-order valence-corrected chi connectivity index (χ2v) is 8.80. The topological polar surface area (TPSA) is 67.4 Å². The van der Waals surface area contributed by atoms with Crippen molar-refractivity contribution in [1.82, 2.24) is 15.1 Å². The Balaban J connectivity index is 1.32. The summed E-state index contributed by atoms with van der Waals surface area (Å²) in [5.74, 6) is 0.565. The van der Waals surface area contributed by atoms with Crippen molar-refractivity contribution >= 4 is 22.5 Å². The van der Waals surface area contributed by atoms with Crippen LogP contribution in [0.15, 0.2) is 54.7 Å².